The van der Waals surface area contributed by atoms with Crippen molar-refractivity contribution in [1.82, 2.24) is 19.9 Å². The summed E-state index contributed by atoms with van der Waals surface area (Å²) in [6, 6.07) is 50.0. The largest absolute Gasteiger partial charge is 0.485 e. The molecule has 8 aromatic rings. The van der Waals surface area contributed by atoms with E-state index in [-0.39, 0.29) is 12.0 Å². The van der Waals surface area contributed by atoms with E-state index in [1.54, 1.807) is 0 Å². The van der Waals surface area contributed by atoms with E-state index in [1.165, 1.54) is 16.5 Å². The first-order valence-electron chi connectivity index (χ1n) is 17.2. The van der Waals surface area contributed by atoms with Crippen molar-refractivity contribution in [3.05, 3.63) is 181 Å². The predicted octanol–water partition coefficient (Wildman–Crippen LogP) is 10.7. The highest BCUT2D eigenvalue weighted by Gasteiger charge is 2.36. The lowest BCUT2D eigenvalue weighted by molar-refractivity contribution is 0.269. The van der Waals surface area contributed by atoms with Gasteiger partial charge in [-0.05, 0) is 57.0 Å². The van der Waals surface area contributed by atoms with Crippen LogP contribution in [0.25, 0.3) is 72.5 Å². The van der Waals surface area contributed by atoms with Crippen molar-refractivity contribution in [2.75, 3.05) is 0 Å². The van der Waals surface area contributed by atoms with Gasteiger partial charge in [0.2, 0.25) is 0 Å². The summed E-state index contributed by atoms with van der Waals surface area (Å²) < 4.78 is 6.57. The number of nitrogens with zero attached hydrogens (tertiary/aromatic N) is 4. The van der Waals surface area contributed by atoms with Crippen molar-refractivity contribution < 1.29 is 4.74 Å². The van der Waals surface area contributed by atoms with Gasteiger partial charge in [0.1, 0.15) is 11.9 Å². The first kappa shape index (κ1) is 29.2. The molecule has 0 N–H and O–H groups in total. The summed E-state index contributed by atoms with van der Waals surface area (Å²) in [6.45, 7) is 0. The molecule has 0 saturated heterocycles. The van der Waals surface area contributed by atoms with E-state index in [2.05, 4.69) is 121 Å². The highest BCUT2D eigenvalue weighted by atomic mass is 16.5. The molecule has 2 atom stereocenters. The van der Waals surface area contributed by atoms with Crippen LogP contribution in [0.1, 0.15) is 17.0 Å². The molecule has 240 valence electrons. The van der Waals surface area contributed by atoms with Crippen molar-refractivity contribution in [3.63, 3.8) is 0 Å². The lowest BCUT2D eigenvalue weighted by Crippen LogP contribution is -2.17. The van der Waals surface area contributed by atoms with E-state index < -0.39 is 0 Å². The van der Waals surface area contributed by atoms with Gasteiger partial charge in [-0.1, -0.05) is 140 Å². The molecule has 2 unspecified atom stereocenters. The van der Waals surface area contributed by atoms with Crippen LogP contribution in [-0.4, -0.2) is 26.0 Å². The lowest BCUT2D eigenvalue weighted by atomic mass is 9.85. The fourth-order valence-electron chi connectivity index (χ4n) is 7.46. The molecular formula is C46H30N4O. The molecule has 0 fully saturated rings. The second-order valence-corrected chi connectivity index (χ2v) is 13.0. The molecule has 1 aliphatic heterocycles. The quantitative estimate of drug-likeness (QED) is 0.185. The van der Waals surface area contributed by atoms with Gasteiger partial charge in [0.15, 0.2) is 17.5 Å². The summed E-state index contributed by atoms with van der Waals surface area (Å²) in [5, 5.41) is 4.44. The van der Waals surface area contributed by atoms with Crippen LogP contribution in [-0.2, 0) is 0 Å². The number of hydrogen-bond donors (Lipinski definition) is 0. The Balaban J connectivity index is 1.10. The number of benzene rings is 6. The third-order valence-corrected chi connectivity index (χ3v) is 9.93. The van der Waals surface area contributed by atoms with E-state index in [0.29, 0.717) is 17.5 Å². The fraction of sp³-hybridized carbons (Fsp3) is 0.0435. The fourth-order valence-corrected chi connectivity index (χ4v) is 7.46. The molecule has 2 aromatic heterocycles. The maximum Gasteiger partial charge on any atom is 0.164 e. The normalized spacial score (nSPS) is 16.0. The van der Waals surface area contributed by atoms with Crippen LogP contribution in [0.4, 0.5) is 0 Å². The van der Waals surface area contributed by atoms with Crippen LogP contribution in [0.3, 0.4) is 0 Å². The highest BCUT2D eigenvalue weighted by molar-refractivity contribution is 6.04. The Kier molecular flexibility index (Phi) is 6.88. The Bertz CT molecular complexity index is 2680. The summed E-state index contributed by atoms with van der Waals surface area (Å²) in [6.07, 6.45) is 8.48. The van der Waals surface area contributed by atoms with Crippen LogP contribution >= 0.6 is 0 Å². The average molecular weight is 655 g/mol. The number of allylic oxidation sites excluding steroid dienone is 2. The molecule has 5 nitrogen and oxygen atoms in total. The Hall–Kier alpha value is -6.72. The minimum absolute atomic E-state index is 0.0658. The zero-order chi connectivity index (χ0) is 33.7. The first-order chi connectivity index (χ1) is 25.3. The van der Waals surface area contributed by atoms with Crippen molar-refractivity contribution in [2.24, 2.45) is 0 Å². The standard InChI is InChI=1S/C46H30N4O/c1-3-11-29(12-4-1)33-21-22-39-41(28-33)51-40-25-26-47-43(42(39)40)37-23-24-38(36-18-10-9-17-35(36)37)46-49-44(31-14-5-2-6-15-31)48-45(50-46)34-20-19-30-13-7-8-16-32(30)27-34/h1-28,39,41H. The second-order valence-electron chi connectivity index (χ2n) is 13.0. The van der Waals surface area contributed by atoms with E-state index in [9.17, 15) is 0 Å². The molecule has 0 saturated carbocycles. The summed E-state index contributed by atoms with van der Waals surface area (Å²) >= 11 is 0. The molecule has 6 aromatic carbocycles. The van der Waals surface area contributed by atoms with Gasteiger partial charge in [-0.2, -0.15) is 0 Å². The Morgan fingerprint density at radius 3 is 1.96 bits per heavy atom. The Morgan fingerprint density at radius 1 is 0.510 bits per heavy atom. The molecule has 3 heterocycles. The number of pyridine rings is 1. The smallest absolute Gasteiger partial charge is 0.164 e. The molecule has 0 amide bonds. The molecule has 0 radical (unpaired) electrons. The molecular weight excluding hydrogens is 625 g/mol. The van der Waals surface area contributed by atoms with E-state index in [0.717, 1.165) is 55.4 Å². The Labute approximate surface area is 295 Å². The van der Waals surface area contributed by atoms with E-state index in [1.807, 2.05) is 48.7 Å². The molecule has 1 aliphatic carbocycles. The van der Waals surface area contributed by atoms with Crippen LogP contribution in [0.15, 0.2) is 170 Å². The van der Waals surface area contributed by atoms with Crippen molar-refractivity contribution >= 4 is 27.1 Å². The molecule has 5 heteroatoms. The SMILES string of the molecule is C1=CC2c3c(ccnc3-c3ccc(-c4nc(-c5ccccc5)nc(-c5ccc6ccccc6c5)n4)c4ccccc34)OC2C=C1c1ccccc1. The number of ether oxygens (including phenoxy) is 1. The zero-order valence-electron chi connectivity index (χ0n) is 27.5. The maximum atomic E-state index is 6.57. The van der Waals surface area contributed by atoms with Gasteiger partial charge in [0.25, 0.3) is 0 Å². The zero-order valence-corrected chi connectivity index (χ0v) is 27.5. The third kappa shape index (κ3) is 5.10. The van der Waals surface area contributed by atoms with Crippen LogP contribution in [0.2, 0.25) is 0 Å². The van der Waals surface area contributed by atoms with Gasteiger partial charge in [-0.3, -0.25) is 4.98 Å². The highest BCUT2D eigenvalue weighted by Crippen LogP contribution is 2.48. The maximum absolute atomic E-state index is 6.57. The summed E-state index contributed by atoms with van der Waals surface area (Å²) in [5.41, 5.74) is 8.27. The van der Waals surface area contributed by atoms with Crippen molar-refractivity contribution in [1.29, 1.82) is 0 Å². The van der Waals surface area contributed by atoms with Gasteiger partial charge < -0.3 is 4.74 Å². The third-order valence-electron chi connectivity index (χ3n) is 9.93. The topological polar surface area (TPSA) is 60.8 Å². The first-order valence-corrected chi connectivity index (χ1v) is 17.2. The number of aromatic nitrogens is 4. The minimum atomic E-state index is -0.0937. The van der Waals surface area contributed by atoms with Crippen LogP contribution < -0.4 is 4.74 Å². The summed E-state index contributed by atoms with van der Waals surface area (Å²) in [5.74, 6) is 2.84. The van der Waals surface area contributed by atoms with Crippen LogP contribution in [0.5, 0.6) is 5.75 Å². The Morgan fingerprint density at radius 2 is 1.16 bits per heavy atom. The predicted molar refractivity (Wildman–Crippen MR) is 205 cm³/mol. The number of hydrogen-bond acceptors (Lipinski definition) is 5. The van der Waals surface area contributed by atoms with E-state index in [4.69, 9.17) is 24.7 Å². The molecule has 2 aliphatic rings. The molecule has 10 rings (SSSR count). The monoisotopic (exact) mass is 654 g/mol. The van der Waals surface area contributed by atoms with Gasteiger partial charge in [-0.25, -0.2) is 15.0 Å². The summed E-state index contributed by atoms with van der Waals surface area (Å²) in [4.78, 5) is 20.2. The van der Waals surface area contributed by atoms with Crippen molar-refractivity contribution in [3.8, 4) is 51.2 Å². The molecule has 0 spiro atoms. The van der Waals surface area contributed by atoms with Crippen molar-refractivity contribution in [2.45, 2.75) is 12.0 Å². The molecule has 51 heavy (non-hydrogen) atoms. The van der Waals surface area contributed by atoms with Gasteiger partial charge >= 0.3 is 0 Å². The van der Waals surface area contributed by atoms with Gasteiger partial charge in [0, 0.05) is 39.9 Å². The summed E-state index contributed by atoms with van der Waals surface area (Å²) in [7, 11) is 0. The van der Waals surface area contributed by atoms with Crippen LogP contribution in [0, 0.1) is 0 Å². The average Bonchev–Trinajstić information content (AvgIpc) is 3.59. The molecule has 0 bridgehead atoms. The number of fused-ring (bicyclic) bond motifs is 5. The van der Waals surface area contributed by atoms with E-state index >= 15 is 0 Å². The van der Waals surface area contributed by atoms with Gasteiger partial charge in [0.05, 0.1) is 5.69 Å². The van der Waals surface area contributed by atoms with Gasteiger partial charge in [-0.15, -0.1) is 0 Å². The lowest BCUT2D eigenvalue weighted by Gasteiger charge is -2.20. The number of rotatable bonds is 5. The second kappa shape index (κ2) is 12.0. The minimum Gasteiger partial charge on any atom is -0.485 e.